The molecular weight excluding hydrogens is 334 g/mol. The minimum Gasteiger partial charge on any atom is -0.446 e. The molecule has 0 aliphatic rings. The maximum Gasteiger partial charge on any atom is 0.271 e. The summed E-state index contributed by atoms with van der Waals surface area (Å²) in [6, 6.07) is 6.54. The average Bonchev–Trinajstić information content (AvgIpc) is 3.05. The van der Waals surface area contributed by atoms with Crippen LogP contribution < -0.4 is 10.5 Å². The van der Waals surface area contributed by atoms with Gasteiger partial charge in [-0.3, -0.25) is 0 Å². The third-order valence-electron chi connectivity index (χ3n) is 2.81. The minimum atomic E-state index is -3.83. The van der Waals surface area contributed by atoms with Gasteiger partial charge in [0.25, 0.3) is 10.0 Å². The van der Waals surface area contributed by atoms with Gasteiger partial charge in [0.15, 0.2) is 0 Å². The quantitative estimate of drug-likeness (QED) is 0.759. The number of hydrogen-bond donors (Lipinski definition) is 2. The van der Waals surface area contributed by atoms with Crippen LogP contribution in [0, 0.1) is 0 Å². The summed E-state index contributed by atoms with van der Waals surface area (Å²) in [4.78, 5) is 4.26. The number of fused-ring (bicyclic) bond motifs is 1. The van der Waals surface area contributed by atoms with Crippen LogP contribution in [-0.2, 0) is 16.6 Å². The second-order valence-corrected chi connectivity index (χ2v) is 7.03. The standard InChI is InChI=1S/C12H10ClN3O3S2/c13-8-2-3-9-12(16-6-20-9)11(8)15-5-7-1-4-10(19-7)21(14,17)18/h1-4,6,15H,5H2,(H2,14,17,18). The molecule has 2 heterocycles. The maximum absolute atomic E-state index is 11.1. The third-order valence-corrected chi connectivity index (χ3v) is 4.70. The van der Waals surface area contributed by atoms with E-state index >= 15 is 0 Å². The van der Waals surface area contributed by atoms with Crippen LogP contribution in [0.1, 0.15) is 5.76 Å². The second kappa shape index (κ2) is 5.30. The van der Waals surface area contributed by atoms with E-state index in [4.69, 9.17) is 21.2 Å². The van der Waals surface area contributed by atoms with E-state index in [0.717, 1.165) is 10.2 Å². The van der Waals surface area contributed by atoms with Crippen molar-refractivity contribution in [2.75, 3.05) is 5.32 Å². The third kappa shape index (κ3) is 2.88. The van der Waals surface area contributed by atoms with Gasteiger partial charge in [0, 0.05) is 0 Å². The number of primary sulfonamides is 1. The van der Waals surface area contributed by atoms with E-state index in [-0.39, 0.29) is 11.6 Å². The molecule has 110 valence electrons. The second-order valence-electron chi connectivity index (χ2n) is 4.24. The highest BCUT2D eigenvalue weighted by atomic mass is 35.5. The first kappa shape index (κ1) is 14.3. The van der Waals surface area contributed by atoms with Gasteiger partial charge >= 0.3 is 0 Å². The molecular formula is C12H10ClN3O3S2. The molecule has 0 aliphatic heterocycles. The minimum absolute atomic E-state index is 0.266. The summed E-state index contributed by atoms with van der Waals surface area (Å²) < 4.78 is 28.5. The Bertz CT molecular complexity index is 902. The summed E-state index contributed by atoms with van der Waals surface area (Å²) in [5.74, 6) is 0.433. The highest BCUT2D eigenvalue weighted by Gasteiger charge is 2.14. The maximum atomic E-state index is 11.1. The number of nitrogens with two attached hydrogens (primary N) is 1. The fraction of sp³-hybridized carbons (Fsp3) is 0.0833. The van der Waals surface area contributed by atoms with Crippen molar-refractivity contribution in [1.82, 2.24) is 4.98 Å². The lowest BCUT2D eigenvalue weighted by molar-refractivity contribution is 0.419. The monoisotopic (exact) mass is 343 g/mol. The first-order chi connectivity index (χ1) is 9.95. The predicted octanol–water partition coefficient (Wildman–Crippen LogP) is 2.80. The van der Waals surface area contributed by atoms with Gasteiger partial charge in [-0.05, 0) is 24.3 Å². The summed E-state index contributed by atoms with van der Waals surface area (Å²) in [7, 11) is -3.83. The Hall–Kier alpha value is -1.61. The van der Waals surface area contributed by atoms with Gasteiger partial charge in [-0.25, -0.2) is 18.5 Å². The molecule has 0 atom stereocenters. The van der Waals surface area contributed by atoms with Crippen LogP contribution in [0.3, 0.4) is 0 Å². The zero-order valence-electron chi connectivity index (χ0n) is 10.5. The Labute approximate surface area is 129 Å². The molecule has 0 saturated heterocycles. The Morgan fingerprint density at radius 2 is 2.14 bits per heavy atom. The van der Waals surface area contributed by atoms with Gasteiger partial charge in [0.05, 0.1) is 27.5 Å². The Kier molecular flexibility index (Phi) is 3.62. The van der Waals surface area contributed by atoms with E-state index in [2.05, 4.69) is 10.3 Å². The van der Waals surface area contributed by atoms with Crippen molar-refractivity contribution in [2.45, 2.75) is 11.6 Å². The number of anilines is 1. The fourth-order valence-corrected chi connectivity index (χ4v) is 3.24. The molecule has 9 heteroatoms. The number of benzene rings is 1. The normalized spacial score (nSPS) is 11.9. The molecule has 3 N–H and O–H groups in total. The zero-order valence-corrected chi connectivity index (χ0v) is 12.9. The summed E-state index contributed by atoms with van der Waals surface area (Å²) in [6.07, 6.45) is 0. The Morgan fingerprint density at radius 3 is 2.86 bits per heavy atom. The van der Waals surface area contributed by atoms with Crippen molar-refractivity contribution < 1.29 is 12.8 Å². The smallest absolute Gasteiger partial charge is 0.271 e. The Balaban J connectivity index is 1.85. The van der Waals surface area contributed by atoms with Crippen LogP contribution in [-0.4, -0.2) is 13.4 Å². The number of nitrogens with zero attached hydrogens (tertiary/aromatic N) is 1. The first-order valence-electron chi connectivity index (χ1n) is 5.82. The van der Waals surface area contributed by atoms with E-state index in [0.29, 0.717) is 16.5 Å². The summed E-state index contributed by atoms with van der Waals surface area (Å²) in [6.45, 7) is 0.270. The molecule has 0 unspecified atom stereocenters. The number of nitrogens with one attached hydrogen (secondary N) is 1. The van der Waals surface area contributed by atoms with Crippen LogP contribution >= 0.6 is 22.9 Å². The number of sulfonamides is 1. The highest BCUT2D eigenvalue weighted by molar-refractivity contribution is 7.89. The zero-order chi connectivity index (χ0) is 15.0. The molecule has 0 aliphatic carbocycles. The van der Waals surface area contributed by atoms with Crippen LogP contribution in [0.25, 0.3) is 10.2 Å². The molecule has 3 rings (SSSR count). The van der Waals surface area contributed by atoms with Gasteiger partial charge in [-0.2, -0.15) is 0 Å². The van der Waals surface area contributed by atoms with Gasteiger partial charge in [0.1, 0.15) is 11.3 Å². The molecule has 2 aromatic heterocycles. The first-order valence-corrected chi connectivity index (χ1v) is 8.62. The van der Waals surface area contributed by atoms with Crippen LogP contribution in [0.15, 0.2) is 39.3 Å². The number of rotatable bonds is 4. The van der Waals surface area contributed by atoms with Gasteiger partial charge in [0.2, 0.25) is 5.09 Å². The number of aromatic nitrogens is 1. The van der Waals surface area contributed by atoms with E-state index in [9.17, 15) is 8.42 Å². The van der Waals surface area contributed by atoms with E-state index < -0.39 is 10.0 Å². The number of furan rings is 1. The van der Waals surface area contributed by atoms with Crippen molar-refractivity contribution in [2.24, 2.45) is 5.14 Å². The van der Waals surface area contributed by atoms with Crippen molar-refractivity contribution in [1.29, 1.82) is 0 Å². The average molecular weight is 344 g/mol. The molecule has 0 bridgehead atoms. The number of halogens is 1. The van der Waals surface area contributed by atoms with Gasteiger partial charge < -0.3 is 9.73 Å². The molecule has 21 heavy (non-hydrogen) atoms. The summed E-state index contributed by atoms with van der Waals surface area (Å²) in [5, 5.41) is 8.36. The largest absolute Gasteiger partial charge is 0.446 e. The highest BCUT2D eigenvalue weighted by Crippen LogP contribution is 2.32. The van der Waals surface area contributed by atoms with Crippen molar-refractivity contribution >= 4 is 48.9 Å². The molecule has 6 nitrogen and oxygen atoms in total. The Morgan fingerprint density at radius 1 is 1.33 bits per heavy atom. The number of hydrogen-bond acceptors (Lipinski definition) is 6. The lowest BCUT2D eigenvalue weighted by Gasteiger charge is -2.07. The predicted molar refractivity (Wildman–Crippen MR) is 82.0 cm³/mol. The van der Waals surface area contributed by atoms with Crippen LogP contribution in [0.4, 0.5) is 5.69 Å². The molecule has 0 amide bonds. The van der Waals surface area contributed by atoms with E-state index in [1.54, 1.807) is 17.6 Å². The molecule has 0 spiro atoms. The lowest BCUT2D eigenvalue weighted by Crippen LogP contribution is -2.10. The van der Waals surface area contributed by atoms with Gasteiger partial charge in [-0.15, -0.1) is 11.3 Å². The topological polar surface area (TPSA) is 98.2 Å². The van der Waals surface area contributed by atoms with E-state index in [1.807, 2.05) is 6.07 Å². The van der Waals surface area contributed by atoms with Crippen molar-refractivity contribution in [3.63, 3.8) is 0 Å². The number of thiazole rings is 1. The molecule has 0 saturated carbocycles. The summed E-state index contributed by atoms with van der Waals surface area (Å²) in [5.41, 5.74) is 3.19. The van der Waals surface area contributed by atoms with Gasteiger partial charge in [-0.1, -0.05) is 11.6 Å². The van der Waals surface area contributed by atoms with Crippen LogP contribution in [0.5, 0.6) is 0 Å². The molecule has 1 aromatic carbocycles. The molecule has 0 radical (unpaired) electrons. The fourth-order valence-electron chi connectivity index (χ4n) is 1.86. The van der Waals surface area contributed by atoms with E-state index in [1.165, 1.54) is 17.4 Å². The van der Waals surface area contributed by atoms with Crippen molar-refractivity contribution in [3.8, 4) is 0 Å². The molecule has 0 fully saturated rings. The summed E-state index contributed by atoms with van der Waals surface area (Å²) >= 11 is 7.67. The SMILES string of the molecule is NS(=O)(=O)c1ccc(CNc2c(Cl)ccc3scnc23)o1. The lowest BCUT2D eigenvalue weighted by atomic mass is 10.3. The van der Waals surface area contributed by atoms with Crippen molar-refractivity contribution in [3.05, 3.63) is 40.6 Å². The van der Waals surface area contributed by atoms with Crippen LogP contribution in [0.2, 0.25) is 5.02 Å². The molecule has 3 aromatic rings.